The molecule has 1 heterocycles. The van der Waals surface area contributed by atoms with Gasteiger partial charge in [-0.25, -0.2) is 0 Å². The minimum Gasteiger partial charge on any atom is -0.457 e. The first kappa shape index (κ1) is 14.8. The molecule has 4 rings (SSSR count). The van der Waals surface area contributed by atoms with Gasteiger partial charge in [0.25, 0.3) is 0 Å². The number of nitrogens with one attached hydrogen (secondary N) is 1. The van der Waals surface area contributed by atoms with E-state index in [2.05, 4.69) is 22.6 Å². The predicted octanol–water partition coefficient (Wildman–Crippen LogP) is 4.98. The maximum absolute atomic E-state index is 5.97. The summed E-state index contributed by atoms with van der Waals surface area (Å²) < 4.78 is 11.4. The first-order valence-corrected chi connectivity index (χ1v) is 8.34. The molecule has 24 heavy (non-hydrogen) atoms. The molecule has 4 heteroatoms. The lowest BCUT2D eigenvalue weighted by Crippen LogP contribution is -2.11. The van der Waals surface area contributed by atoms with Crippen molar-refractivity contribution in [3.05, 3.63) is 71.4 Å². The Bertz CT molecular complexity index is 827. The highest BCUT2D eigenvalue weighted by atomic mass is 16.5. The van der Waals surface area contributed by atoms with Crippen LogP contribution in [-0.2, 0) is 6.42 Å². The minimum atomic E-state index is 0.263. The van der Waals surface area contributed by atoms with Gasteiger partial charge in [0.05, 0.1) is 5.69 Å². The van der Waals surface area contributed by atoms with Crippen LogP contribution in [0.15, 0.2) is 59.1 Å². The summed E-state index contributed by atoms with van der Waals surface area (Å²) in [4.78, 5) is 0. The van der Waals surface area contributed by atoms with E-state index in [4.69, 9.17) is 9.26 Å². The van der Waals surface area contributed by atoms with Crippen LogP contribution in [0.3, 0.4) is 0 Å². The van der Waals surface area contributed by atoms with E-state index in [-0.39, 0.29) is 5.92 Å². The zero-order valence-corrected chi connectivity index (χ0v) is 13.7. The molecule has 2 aromatic carbocycles. The Hall–Kier alpha value is -2.75. The molecule has 0 spiro atoms. The van der Waals surface area contributed by atoms with E-state index < -0.39 is 0 Å². The number of hydrogen-bond acceptors (Lipinski definition) is 4. The molecule has 0 radical (unpaired) electrons. The maximum Gasteiger partial charge on any atom is 0.227 e. The zero-order chi connectivity index (χ0) is 16.4. The Balaban J connectivity index is 1.64. The molecule has 0 aliphatic heterocycles. The first-order valence-electron chi connectivity index (χ1n) is 8.34. The lowest BCUT2D eigenvalue weighted by atomic mass is 9.83. The molecule has 1 aromatic heterocycles. The Kier molecular flexibility index (Phi) is 3.95. The molecular formula is C20H20N2O2. The van der Waals surface area contributed by atoms with Gasteiger partial charge < -0.3 is 14.6 Å². The fourth-order valence-corrected chi connectivity index (χ4v) is 3.40. The van der Waals surface area contributed by atoms with Gasteiger partial charge in [-0.3, -0.25) is 0 Å². The largest absolute Gasteiger partial charge is 0.457 e. The summed E-state index contributed by atoms with van der Waals surface area (Å²) in [6.45, 7) is 0. The molecule has 122 valence electrons. The Morgan fingerprint density at radius 1 is 1.08 bits per heavy atom. The van der Waals surface area contributed by atoms with Crippen molar-refractivity contribution in [1.82, 2.24) is 5.16 Å². The molecule has 1 N–H and O–H groups in total. The highest BCUT2D eigenvalue weighted by molar-refractivity contribution is 5.49. The molecule has 1 aliphatic rings. The van der Waals surface area contributed by atoms with Crippen molar-refractivity contribution >= 4 is 5.88 Å². The van der Waals surface area contributed by atoms with Crippen LogP contribution in [0.5, 0.6) is 11.5 Å². The number of rotatable bonds is 4. The Labute approximate surface area is 141 Å². The third-order valence-corrected chi connectivity index (χ3v) is 4.53. The van der Waals surface area contributed by atoms with Crippen molar-refractivity contribution < 1.29 is 9.26 Å². The highest BCUT2D eigenvalue weighted by Gasteiger charge is 2.28. The molecular weight excluding hydrogens is 300 g/mol. The quantitative estimate of drug-likeness (QED) is 0.736. The van der Waals surface area contributed by atoms with Crippen molar-refractivity contribution in [2.75, 3.05) is 12.4 Å². The molecule has 4 nitrogen and oxygen atoms in total. The van der Waals surface area contributed by atoms with Crippen molar-refractivity contribution in [3.8, 4) is 11.5 Å². The van der Waals surface area contributed by atoms with E-state index in [1.807, 2.05) is 49.5 Å². The lowest BCUT2D eigenvalue weighted by molar-refractivity contribution is 0.419. The summed E-state index contributed by atoms with van der Waals surface area (Å²) in [5, 5.41) is 7.42. The van der Waals surface area contributed by atoms with Crippen LogP contribution in [0.2, 0.25) is 0 Å². The summed E-state index contributed by atoms with van der Waals surface area (Å²) in [7, 11) is 1.87. The second-order valence-corrected chi connectivity index (χ2v) is 6.06. The fourth-order valence-electron chi connectivity index (χ4n) is 3.40. The smallest absolute Gasteiger partial charge is 0.227 e. The molecule has 0 fully saturated rings. The standard InChI is InChI=1S/C20H20N2O2/c1-21-20-18-12-6-11-17(19(18)22-24-20)14-7-5-10-16(13-14)23-15-8-3-2-4-9-15/h2-5,7-10,13,17,21H,6,11-12H2,1H3. The van der Waals surface area contributed by atoms with Crippen LogP contribution in [0.25, 0.3) is 0 Å². The predicted molar refractivity (Wildman–Crippen MR) is 93.8 cm³/mol. The number of ether oxygens (including phenoxy) is 1. The fraction of sp³-hybridized carbons (Fsp3) is 0.250. The van der Waals surface area contributed by atoms with Crippen LogP contribution < -0.4 is 10.1 Å². The Morgan fingerprint density at radius 2 is 1.92 bits per heavy atom. The molecule has 1 unspecified atom stereocenters. The van der Waals surface area contributed by atoms with Crippen LogP contribution in [0.4, 0.5) is 5.88 Å². The average Bonchev–Trinajstić information content (AvgIpc) is 3.06. The molecule has 0 bridgehead atoms. The molecule has 1 aliphatic carbocycles. The molecule has 3 aromatic rings. The van der Waals surface area contributed by atoms with Crippen molar-refractivity contribution in [2.45, 2.75) is 25.2 Å². The lowest BCUT2D eigenvalue weighted by Gasteiger charge is -2.21. The topological polar surface area (TPSA) is 47.3 Å². The maximum atomic E-state index is 5.97. The van der Waals surface area contributed by atoms with Crippen LogP contribution in [0, 0.1) is 0 Å². The number of para-hydroxylation sites is 1. The van der Waals surface area contributed by atoms with Gasteiger partial charge in [-0.2, -0.15) is 0 Å². The van der Waals surface area contributed by atoms with E-state index >= 15 is 0 Å². The van der Waals surface area contributed by atoms with Gasteiger partial charge in [-0.05, 0) is 49.1 Å². The van der Waals surface area contributed by atoms with E-state index in [1.165, 1.54) is 11.1 Å². The zero-order valence-electron chi connectivity index (χ0n) is 13.7. The number of anilines is 1. The molecule has 0 saturated heterocycles. The number of hydrogen-bond donors (Lipinski definition) is 1. The first-order chi connectivity index (χ1) is 11.8. The van der Waals surface area contributed by atoms with Gasteiger partial charge in [0.15, 0.2) is 0 Å². The van der Waals surface area contributed by atoms with E-state index in [1.54, 1.807) is 0 Å². The van der Waals surface area contributed by atoms with Gasteiger partial charge in [0, 0.05) is 18.5 Å². The summed E-state index contributed by atoms with van der Waals surface area (Å²) >= 11 is 0. The highest BCUT2D eigenvalue weighted by Crippen LogP contribution is 2.40. The number of benzene rings is 2. The SMILES string of the molecule is CNc1onc2c1CCCC2c1cccc(Oc2ccccc2)c1. The molecule has 0 amide bonds. The summed E-state index contributed by atoms with van der Waals surface area (Å²) in [5.74, 6) is 2.76. The van der Waals surface area contributed by atoms with Crippen molar-refractivity contribution in [1.29, 1.82) is 0 Å². The monoisotopic (exact) mass is 320 g/mol. The van der Waals surface area contributed by atoms with Gasteiger partial charge in [-0.1, -0.05) is 35.5 Å². The summed E-state index contributed by atoms with van der Waals surface area (Å²) in [6.07, 6.45) is 3.24. The molecule has 1 atom stereocenters. The van der Waals surface area contributed by atoms with Crippen LogP contribution in [-0.4, -0.2) is 12.2 Å². The average molecular weight is 320 g/mol. The van der Waals surface area contributed by atoms with Crippen molar-refractivity contribution in [3.63, 3.8) is 0 Å². The third-order valence-electron chi connectivity index (χ3n) is 4.53. The van der Waals surface area contributed by atoms with Crippen molar-refractivity contribution in [2.24, 2.45) is 0 Å². The number of aromatic nitrogens is 1. The normalized spacial score (nSPS) is 16.5. The van der Waals surface area contributed by atoms with Crippen LogP contribution >= 0.6 is 0 Å². The van der Waals surface area contributed by atoms with Gasteiger partial charge in [0.2, 0.25) is 5.88 Å². The third kappa shape index (κ3) is 2.75. The van der Waals surface area contributed by atoms with E-state index in [9.17, 15) is 0 Å². The van der Waals surface area contributed by atoms with Gasteiger partial charge >= 0.3 is 0 Å². The van der Waals surface area contributed by atoms with Crippen LogP contribution in [0.1, 0.15) is 35.6 Å². The number of fused-ring (bicyclic) bond motifs is 1. The Morgan fingerprint density at radius 3 is 2.75 bits per heavy atom. The second-order valence-electron chi connectivity index (χ2n) is 6.06. The van der Waals surface area contributed by atoms with E-state index in [0.29, 0.717) is 0 Å². The number of nitrogens with zero attached hydrogens (tertiary/aromatic N) is 1. The molecule has 0 saturated carbocycles. The minimum absolute atomic E-state index is 0.263. The van der Waals surface area contributed by atoms with Gasteiger partial charge in [-0.15, -0.1) is 0 Å². The summed E-state index contributed by atoms with van der Waals surface area (Å²) in [5.41, 5.74) is 3.49. The van der Waals surface area contributed by atoms with Gasteiger partial charge in [0.1, 0.15) is 11.5 Å². The van der Waals surface area contributed by atoms with E-state index in [0.717, 1.165) is 42.3 Å². The summed E-state index contributed by atoms with van der Waals surface area (Å²) in [6, 6.07) is 18.1. The second kappa shape index (κ2) is 6.40.